The lowest BCUT2D eigenvalue weighted by molar-refractivity contribution is 0.0994. The van der Waals surface area contributed by atoms with Crippen molar-refractivity contribution in [3.05, 3.63) is 76.6 Å². The van der Waals surface area contributed by atoms with Gasteiger partial charge in [-0.15, -0.1) is 0 Å². The van der Waals surface area contributed by atoms with E-state index in [9.17, 15) is 9.59 Å². The number of thioether (sulfide) groups is 1. The van der Waals surface area contributed by atoms with Crippen LogP contribution in [-0.4, -0.2) is 27.7 Å². The van der Waals surface area contributed by atoms with E-state index in [2.05, 4.69) is 4.98 Å². The summed E-state index contributed by atoms with van der Waals surface area (Å²) in [5, 5.41) is 2.73. The number of fused-ring (bicyclic) bond motifs is 2. The van der Waals surface area contributed by atoms with Gasteiger partial charge in [0.2, 0.25) is 0 Å². The maximum absolute atomic E-state index is 12.9. The molecule has 1 aromatic heterocycles. The molecule has 0 radical (unpaired) electrons. The Bertz CT molecular complexity index is 1280. The molecule has 0 aliphatic rings. The predicted octanol–water partition coefficient (Wildman–Crippen LogP) is 4.46. The molecule has 6 heteroatoms. The molecule has 0 saturated carbocycles. The number of carbonyl (C=O) groups is 1. The summed E-state index contributed by atoms with van der Waals surface area (Å²) >= 11 is 1.29. The minimum atomic E-state index is -0.389. The second-order valence-electron chi connectivity index (χ2n) is 6.83. The lowest BCUT2D eigenvalue weighted by Gasteiger charge is -2.14. The highest BCUT2D eigenvalue weighted by Gasteiger charge is 2.20. The Morgan fingerprint density at radius 1 is 1.07 bits per heavy atom. The van der Waals surface area contributed by atoms with Gasteiger partial charge in [-0.2, -0.15) is 0 Å². The van der Waals surface area contributed by atoms with E-state index in [1.54, 1.807) is 38.4 Å². The lowest BCUT2D eigenvalue weighted by Crippen LogP contribution is -2.22. The van der Waals surface area contributed by atoms with Gasteiger partial charge in [0.1, 0.15) is 5.75 Å². The summed E-state index contributed by atoms with van der Waals surface area (Å²) in [7, 11) is 3.28. The van der Waals surface area contributed by atoms with Gasteiger partial charge in [-0.3, -0.25) is 14.2 Å². The molecule has 3 aromatic carbocycles. The monoisotopic (exact) mass is 404 g/mol. The molecule has 0 amide bonds. The summed E-state index contributed by atoms with van der Waals surface area (Å²) in [5.74, 6) is 0.679. The van der Waals surface area contributed by atoms with Crippen molar-refractivity contribution in [2.45, 2.75) is 17.3 Å². The first-order chi connectivity index (χ1) is 14.0. The smallest absolute Gasteiger partial charge is 0.261 e. The molecule has 29 heavy (non-hydrogen) atoms. The van der Waals surface area contributed by atoms with E-state index in [1.807, 2.05) is 43.3 Å². The standard InChI is InChI=1S/C23H20N2O3S/c1-14(21(26)15-8-10-18(28-3)11-9-15)29-23-24-20-13-17-7-5-4-6-16(17)12-19(20)22(27)25(23)2/h4-14H,1-3H3/t14-/m1/s1. The molecular weight excluding hydrogens is 384 g/mol. The fraction of sp³-hybridized carbons (Fsp3) is 0.174. The Labute approximate surface area is 172 Å². The van der Waals surface area contributed by atoms with Gasteiger partial charge in [-0.05, 0) is 54.1 Å². The van der Waals surface area contributed by atoms with Crippen LogP contribution in [-0.2, 0) is 7.05 Å². The number of hydrogen-bond acceptors (Lipinski definition) is 5. The zero-order valence-electron chi connectivity index (χ0n) is 16.4. The molecule has 0 aliphatic carbocycles. The van der Waals surface area contributed by atoms with Gasteiger partial charge < -0.3 is 4.74 Å². The number of Topliss-reactive ketones (excluding diaryl/α,β-unsaturated/α-hetero) is 1. The van der Waals surface area contributed by atoms with E-state index in [0.717, 1.165) is 10.8 Å². The molecule has 0 unspecified atom stereocenters. The third-order valence-electron chi connectivity index (χ3n) is 4.93. The fourth-order valence-corrected chi connectivity index (χ4v) is 4.20. The molecule has 0 saturated heterocycles. The van der Waals surface area contributed by atoms with Gasteiger partial charge in [0.05, 0.1) is 23.3 Å². The van der Waals surface area contributed by atoms with Gasteiger partial charge in [0, 0.05) is 12.6 Å². The van der Waals surface area contributed by atoms with Crippen molar-refractivity contribution in [3.8, 4) is 5.75 Å². The molecular formula is C23H20N2O3S. The summed E-state index contributed by atoms with van der Waals surface area (Å²) in [6.07, 6.45) is 0. The van der Waals surface area contributed by atoms with Crippen LogP contribution in [0.5, 0.6) is 5.75 Å². The first kappa shape index (κ1) is 19.2. The molecule has 146 valence electrons. The number of rotatable bonds is 5. The van der Waals surface area contributed by atoms with Gasteiger partial charge in [-0.1, -0.05) is 36.0 Å². The number of ether oxygens (including phenoxy) is 1. The second-order valence-corrected chi connectivity index (χ2v) is 8.14. The van der Waals surface area contributed by atoms with E-state index in [0.29, 0.717) is 27.4 Å². The van der Waals surface area contributed by atoms with Crippen molar-refractivity contribution >= 4 is 39.2 Å². The van der Waals surface area contributed by atoms with Crippen LogP contribution in [0.3, 0.4) is 0 Å². The Morgan fingerprint density at radius 3 is 2.38 bits per heavy atom. The Kier molecular flexibility index (Phi) is 5.11. The van der Waals surface area contributed by atoms with Crippen LogP contribution in [0, 0.1) is 0 Å². The van der Waals surface area contributed by atoms with Gasteiger partial charge in [0.15, 0.2) is 10.9 Å². The number of hydrogen-bond donors (Lipinski definition) is 0. The fourth-order valence-electron chi connectivity index (χ4n) is 3.24. The van der Waals surface area contributed by atoms with Crippen LogP contribution >= 0.6 is 11.8 Å². The van der Waals surface area contributed by atoms with Crippen LogP contribution in [0.1, 0.15) is 17.3 Å². The van der Waals surface area contributed by atoms with Gasteiger partial charge >= 0.3 is 0 Å². The van der Waals surface area contributed by atoms with Crippen LogP contribution < -0.4 is 10.3 Å². The molecule has 0 bridgehead atoms. The molecule has 5 nitrogen and oxygen atoms in total. The molecule has 0 spiro atoms. The van der Waals surface area contributed by atoms with Gasteiger partial charge in [-0.25, -0.2) is 4.98 Å². The first-order valence-corrected chi connectivity index (χ1v) is 10.1. The zero-order chi connectivity index (χ0) is 20.5. The highest BCUT2D eigenvalue weighted by molar-refractivity contribution is 8.00. The number of carbonyl (C=O) groups excluding carboxylic acids is 1. The normalized spacial score (nSPS) is 12.2. The third kappa shape index (κ3) is 3.63. The summed E-state index contributed by atoms with van der Waals surface area (Å²) in [6.45, 7) is 1.83. The van der Waals surface area contributed by atoms with Crippen LogP contribution in [0.4, 0.5) is 0 Å². The molecule has 1 heterocycles. The average molecular weight is 404 g/mol. The molecule has 0 N–H and O–H groups in total. The van der Waals surface area contributed by atoms with Crippen molar-refractivity contribution in [1.29, 1.82) is 0 Å². The highest BCUT2D eigenvalue weighted by Crippen LogP contribution is 2.26. The minimum Gasteiger partial charge on any atom is -0.497 e. The molecule has 4 aromatic rings. The van der Waals surface area contributed by atoms with E-state index in [1.165, 1.54) is 16.3 Å². The Morgan fingerprint density at radius 2 is 1.72 bits per heavy atom. The van der Waals surface area contributed by atoms with Gasteiger partial charge in [0.25, 0.3) is 5.56 Å². The van der Waals surface area contributed by atoms with Crippen LogP contribution in [0.25, 0.3) is 21.7 Å². The number of nitrogens with zero attached hydrogens (tertiary/aromatic N) is 2. The Balaban J connectivity index is 1.69. The van der Waals surface area contributed by atoms with Crippen molar-refractivity contribution in [3.63, 3.8) is 0 Å². The summed E-state index contributed by atoms with van der Waals surface area (Å²) in [4.78, 5) is 30.4. The third-order valence-corrected chi connectivity index (χ3v) is 6.07. The zero-order valence-corrected chi connectivity index (χ0v) is 17.2. The van der Waals surface area contributed by atoms with Crippen molar-refractivity contribution in [2.24, 2.45) is 7.05 Å². The molecule has 0 aliphatic heterocycles. The average Bonchev–Trinajstić information content (AvgIpc) is 2.75. The number of ketones is 1. The van der Waals surface area contributed by atoms with E-state index < -0.39 is 0 Å². The van der Waals surface area contributed by atoms with E-state index >= 15 is 0 Å². The van der Waals surface area contributed by atoms with Crippen LogP contribution in [0.15, 0.2) is 70.6 Å². The molecule has 4 rings (SSSR count). The largest absolute Gasteiger partial charge is 0.497 e. The molecule has 1 atom stereocenters. The summed E-state index contributed by atoms with van der Waals surface area (Å²) in [5.41, 5.74) is 1.12. The topological polar surface area (TPSA) is 61.2 Å². The number of aromatic nitrogens is 2. The van der Waals surface area contributed by atoms with Crippen molar-refractivity contribution in [2.75, 3.05) is 7.11 Å². The quantitative estimate of drug-likeness (QED) is 0.213. The van der Waals surface area contributed by atoms with Crippen LogP contribution in [0.2, 0.25) is 0 Å². The maximum Gasteiger partial charge on any atom is 0.261 e. The number of methoxy groups -OCH3 is 1. The van der Waals surface area contributed by atoms with E-state index in [4.69, 9.17) is 4.74 Å². The van der Waals surface area contributed by atoms with Crippen molar-refractivity contribution < 1.29 is 9.53 Å². The summed E-state index contributed by atoms with van der Waals surface area (Å²) in [6, 6.07) is 18.7. The Hall–Kier alpha value is -3.12. The minimum absolute atomic E-state index is 0.0227. The lowest BCUT2D eigenvalue weighted by atomic mass is 10.1. The maximum atomic E-state index is 12.9. The summed E-state index contributed by atoms with van der Waals surface area (Å²) < 4.78 is 6.65. The predicted molar refractivity (Wildman–Crippen MR) is 117 cm³/mol. The SMILES string of the molecule is COc1ccc(C(=O)[C@@H](C)Sc2nc3cc4ccccc4cc3c(=O)n2C)cc1. The number of benzene rings is 3. The molecule has 0 fully saturated rings. The highest BCUT2D eigenvalue weighted by atomic mass is 32.2. The first-order valence-electron chi connectivity index (χ1n) is 9.22. The second kappa shape index (κ2) is 7.72. The van der Waals surface area contributed by atoms with Crippen molar-refractivity contribution in [1.82, 2.24) is 9.55 Å². The van der Waals surface area contributed by atoms with E-state index in [-0.39, 0.29) is 16.6 Å².